The predicted molar refractivity (Wildman–Crippen MR) is 22.7 cm³/mol. The number of halogens is 1. The molecule has 4 heteroatoms. The van der Waals surface area contributed by atoms with Gasteiger partial charge in [0.25, 0.3) is 0 Å². The summed E-state index contributed by atoms with van der Waals surface area (Å²) in [5.41, 5.74) is 0. The van der Waals surface area contributed by atoms with Gasteiger partial charge < -0.3 is 0 Å². The van der Waals surface area contributed by atoms with Crippen LogP contribution in [0.4, 0.5) is 0 Å². The quantitative estimate of drug-likeness (QED) is 0.557. The molecule has 0 aromatic heterocycles. The molecular formula is C3H5ClHgO2. The van der Waals surface area contributed by atoms with Crippen molar-refractivity contribution < 1.29 is 32.9 Å². The average Bonchev–Trinajstić information content (AvgIpc) is 1.68. The standard InChI is InChI=1S/C3H5O2.ClH.Hg/c1-3(4)5-2;;/h1H2,2H3;1H;/q;;+1/p-1. The zero-order chi connectivity index (χ0) is 5.70. The molecule has 0 heterocycles. The number of hydrogen-bond acceptors (Lipinski definition) is 2. The summed E-state index contributed by atoms with van der Waals surface area (Å²) in [5.74, 6) is -0.156. The molecule has 0 bridgehead atoms. The van der Waals surface area contributed by atoms with E-state index >= 15 is 0 Å². The van der Waals surface area contributed by atoms with Crippen LogP contribution in [0.25, 0.3) is 0 Å². The maximum atomic E-state index is 10.2. The molecule has 0 unspecified atom stereocenters. The number of carbonyl (C=O) groups is 1. The third-order valence-electron chi connectivity index (χ3n) is 0.526. The van der Waals surface area contributed by atoms with E-state index in [9.17, 15) is 4.79 Å². The molecule has 2 nitrogen and oxygen atoms in total. The van der Waals surface area contributed by atoms with Gasteiger partial charge in [0.1, 0.15) is 0 Å². The number of hydrogen-bond donors (Lipinski definition) is 0. The minimum absolute atomic E-state index is 0.156. The first-order valence-corrected chi connectivity index (χ1v) is 12.6. The average molecular weight is 309 g/mol. The van der Waals surface area contributed by atoms with E-state index in [0.29, 0.717) is 3.93 Å². The second kappa shape index (κ2) is 4.84. The summed E-state index contributed by atoms with van der Waals surface area (Å²) < 4.78 is 4.85. The van der Waals surface area contributed by atoms with Crippen LogP contribution in [-0.4, -0.2) is 13.1 Å². The minimum atomic E-state index is -1.24. The molecule has 0 spiro atoms. The fraction of sp³-hybridized carbons (Fsp3) is 0.667. The molecular weight excluding hydrogens is 304 g/mol. The number of ether oxygens (including phenoxy) is 1. The molecule has 0 amide bonds. The van der Waals surface area contributed by atoms with Crippen molar-refractivity contribution in [2.75, 3.05) is 7.11 Å². The first kappa shape index (κ1) is 7.70. The Balaban J connectivity index is 3.00. The van der Waals surface area contributed by atoms with Crippen molar-refractivity contribution in [1.82, 2.24) is 0 Å². The van der Waals surface area contributed by atoms with Crippen molar-refractivity contribution in [3.63, 3.8) is 0 Å². The van der Waals surface area contributed by atoms with Crippen molar-refractivity contribution in [2.45, 2.75) is 3.93 Å². The van der Waals surface area contributed by atoms with E-state index in [1.807, 2.05) is 0 Å². The predicted octanol–water partition coefficient (Wildman–Crippen LogP) is 0.814. The van der Waals surface area contributed by atoms with Crippen LogP contribution in [0.2, 0.25) is 3.93 Å². The molecule has 0 atom stereocenters. The van der Waals surface area contributed by atoms with Gasteiger partial charge in [0.15, 0.2) is 0 Å². The Hall–Kier alpha value is 0.695. The third kappa shape index (κ3) is 4.55. The Morgan fingerprint density at radius 3 is 2.71 bits per heavy atom. The summed E-state index contributed by atoms with van der Waals surface area (Å²) in [7, 11) is 6.77. The van der Waals surface area contributed by atoms with Crippen LogP contribution in [-0.2, 0) is 32.9 Å². The van der Waals surface area contributed by atoms with Crippen LogP contribution >= 0.6 is 8.25 Å². The maximum absolute atomic E-state index is 10.2. The van der Waals surface area contributed by atoms with E-state index in [1.54, 1.807) is 0 Å². The fourth-order valence-corrected chi connectivity index (χ4v) is 2.93. The number of rotatable bonds is 2. The van der Waals surface area contributed by atoms with Gasteiger partial charge in [-0.3, -0.25) is 0 Å². The van der Waals surface area contributed by atoms with E-state index in [1.165, 1.54) is 7.11 Å². The van der Waals surface area contributed by atoms with Crippen molar-refractivity contribution in [2.24, 2.45) is 0 Å². The molecule has 0 N–H and O–H groups in total. The third-order valence-corrected chi connectivity index (χ3v) is 4.51. The Morgan fingerprint density at radius 1 is 2.00 bits per heavy atom. The Morgan fingerprint density at radius 2 is 2.57 bits per heavy atom. The number of carbonyl (C=O) groups excluding carboxylic acids is 1. The molecule has 0 fully saturated rings. The molecule has 0 aromatic carbocycles. The summed E-state index contributed by atoms with van der Waals surface area (Å²) in [5, 5.41) is 0. The van der Waals surface area contributed by atoms with Crippen LogP contribution in [0, 0.1) is 0 Å². The Kier molecular flexibility index (Phi) is 5.33. The van der Waals surface area contributed by atoms with Crippen molar-refractivity contribution in [1.29, 1.82) is 0 Å². The molecule has 0 aliphatic carbocycles. The van der Waals surface area contributed by atoms with Crippen molar-refractivity contribution in [3.05, 3.63) is 0 Å². The Bertz CT molecular complexity index is 66.0. The van der Waals surface area contributed by atoms with Crippen molar-refractivity contribution >= 4 is 14.2 Å². The van der Waals surface area contributed by atoms with E-state index in [0.717, 1.165) is 0 Å². The van der Waals surface area contributed by atoms with Gasteiger partial charge >= 0.3 is 58.1 Å². The second-order valence-corrected chi connectivity index (χ2v) is 7.74. The molecule has 0 saturated heterocycles. The number of methoxy groups -OCH3 is 1. The van der Waals surface area contributed by atoms with Gasteiger partial charge in [-0.1, -0.05) is 0 Å². The monoisotopic (exact) mass is 310 g/mol. The second-order valence-electron chi connectivity index (χ2n) is 1.02. The van der Waals surface area contributed by atoms with Crippen LogP contribution in [0.5, 0.6) is 0 Å². The van der Waals surface area contributed by atoms with Crippen LogP contribution in [0.3, 0.4) is 0 Å². The van der Waals surface area contributed by atoms with Gasteiger partial charge in [-0.25, -0.2) is 0 Å². The summed E-state index contributed by atoms with van der Waals surface area (Å²) in [6, 6.07) is 0. The zero-order valence-electron chi connectivity index (χ0n) is 4.11. The van der Waals surface area contributed by atoms with E-state index in [2.05, 4.69) is 4.74 Å². The molecule has 0 aliphatic heterocycles. The SMILES string of the molecule is COC(=O)[CH2][Hg][Cl]. The fourth-order valence-electron chi connectivity index (χ4n) is 0.179. The topological polar surface area (TPSA) is 26.3 Å². The summed E-state index contributed by atoms with van der Waals surface area (Å²) in [6.45, 7) is 0. The molecule has 0 radical (unpaired) electrons. The van der Waals surface area contributed by atoms with Gasteiger partial charge in [-0.15, -0.1) is 0 Å². The van der Waals surface area contributed by atoms with E-state index in [-0.39, 0.29) is 5.97 Å². The molecule has 0 aliphatic rings. The molecule has 0 rings (SSSR count). The van der Waals surface area contributed by atoms with Gasteiger partial charge in [0.05, 0.1) is 0 Å². The van der Waals surface area contributed by atoms with Gasteiger partial charge in [-0.05, 0) is 0 Å². The normalized spacial score (nSPS) is 7.14. The number of esters is 1. The summed E-state index contributed by atoms with van der Waals surface area (Å²) in [6.07, 6.45) is 0. The van der Waals surface area contributed by atoms with Crippen molar-refractivity contribution in [3.8, 4) is 0 Å². The summed E-state index contributed by atoms with van der Waals surface area (Å²) >= 11 is -1.24. The zero-order valence-corrected chi connectivity index (χ0v) is 10.4. The first-order chi connectivity index (χ1) is 3.31. The van der Waals surface area contributed by atoms with Crippen LogP contribution < -0.4 is 0 Å². The summed E-state index contributed by atoms with van der Waals surface area (Å²) in [4.78, 5) is 10.2. The van der Waals surface area contributed by atoms with Gasteiger partial charge in [0.2, 0.25) is 0 Å². The van der Waals surface area contributed by atoms with Gasteiger partial charge in [-0.2, -0.15) is 0 Å². The molecule has 38 valence electrons. The van der Waals surface area contributed by atoms with Crippen LogP contribution in [0.1, 0.15) is 0 Å². The molecule has 0 aromatic rings. The molecule has 7 heavy (non-hydrogen) atoms. The van der Waals surface area contributed by atoms with E-state index < -0.39 is 23.3 Å². The first-order valence-electron chi connectivity index (χ1n) is 1.94. The van der Waals surface area contributed by atoms with E-state index in [4.69, 9.17) is 8.25 Å². The Labute approximate surface area is 58.0 Å². The van der Waals surface area contributed by atoms with Gasteiger partial charge in [0, 0.05) is 0 Å². The van der Waals surface area contributed by atoms with Crippen LogP contribution in [0.15, 0.2) is 0 Å². The molecule has 0 saturated carbocycles.